The van der Waals surface area contributed by atoms with Gasteiger partial charge in [-0.25, -0.2) is 0 Å². The highest BCUT2D eigenvalue weighted by Crippen LogP contribution is 2.45. The first-order valence-electron chi connectivity index (χ1n) is 20.4. The third-order valence-electron chi connectivity index (χ3n) is 12.6. The molecule has 9 aromatic carbocycles. The average Bonchev–Trinajstić information content (AvgIpc) is 3.65. The number of rotatable bonds is 6. The van der Waals surface area contributed by atoms with E-state index in [2.05, 4.69) is 234 Å². The maximum atomic E-state index is 7.00. The van der Waals surface area contributed by atoms with E-state index >= 15 is 0 Å². The summed E-state index contributed by atoms with van der Waals surface area (Å²) < 4.78 is 9.42. The highest BCUT2D eigenvalue weighted by Gasteiger charge is 2.46. The van der Waals surface area contributed by atoms with Gasteiger partial charge >= 0.3 is 6.85 Å². The number of para-hydroxylation sites is 4. The lowest BCUT2D eigenvalue weighted by Gasteiger charge is -2.43. The molecule has 0 radical (unpaired) electrons. The molecule has 2 aliphatic heterocycles. The van der Waals surface area contributed by atoms with Crippen LogP contribution in [0.2, 0.25) is 0 Å². The maximum Gasteiger partial charge on any atom is 0.336 e. The van der Waals surface area contributed by atoms with Gasteiger partial charge in [0.2, 0.25) is 0 Å². The standard InChI is InChI=1S/C54H37BN2OSi/c1-5-19-38(20-6-1)57-51-37-43(59(40-21-7-2-8-22-40,41-23-9-3-10-24-41)42-25-11-4-12-26-42)33-34-46(51)47-35-39(36-53-54(47)55(57)48-29-15-18-32-52(48)58-53)56-49-30-16-13-27-44(49)45-28-14-17-31-50(45)56/h1-37H. The minimum Gasteiger partial charge on any atom is -0.458 e. The van der Waals surface area contributed by atoms with Crippen molar-refractivity contribution in [2.45, 2.75) is 0 Å². The highest BCUT2D eigenvalue weighted by atomic mass is 28.3. The van der Waals surface area contributed by atoms with E-state index in [1.54, 1.807) is 0 Å². The van der Waals surface area contributed by atoms with Crippen molar-refractivity contribution in [2.24, 2.45) is 0 Å². The van der Waals surface area contributed by atoms with Gasteiger partial charge in [0, 0.05) is 39.2 Å². The number of aromatic nitrogens is 1. The molecule has 10 aromatic rings. The summed E-state index contributed by atoms with van der Waals surface area (Å²) in [5.74, 6) is 1.78. The molecular weight excluding hydrogens is 732 g/mol. The molecule has 0 aliphatic carbocycles. The monoisotopic (exact) mass is 768 g/mol. The largest absolute Gasteiger partial charge is 0.458 e. The predicted octanol–water partition coefficient (Wildman–Crippen LogP) is 9.19. The zero-order valence-corrected chi connectivity index (χ0v) is 33.2. The second-order valence-electron chi connectivity index (χ2n) is 15.6. The topological polar surface area (TPSA) is 17.4 Å². The van der Waals surface area contributed by atoms with Gasteiger partial charge in [0.05, 0.1) is 16.7 Å². The number of hydrogen-bond donors (Lipinski definition) is 0. The summed E-state index contributed by atoms with van der Waals surface area (Å²) in [5.41, 5.74) is 10.5. The SMILES string of the molecule is c1ccc(N2B3c4ccccc4Oc4cc(-n5c6ccccc6c6ccccc65)cc(c43)-c3ccc([Si](c4ccccc4)(c4ccccc4)c4ccccc4)cc32)cc1. The van der Waals surface area contributed by atoms with Crippen LogP contribution >= 0.6 is 0 Å². The van der Waals surface area contributed by atoms with Crippen LogP contribution in [0.4, 0.5) is 11.4 Å². The molecule has 3 heterocycles. The van der Waals surface area contributed by atoms with E-state index in [0.717, 1.165) is 28.3 Å². The van der Waals surface area contributed by atoms with Crippen LogP contribution in [-0.2, 0) is 0 Å². The summed E-state index contributed by atoms with van der Waals surface area (Å²) in [6, 6.07) is 82.7. The van der Waals surface area contributed by atoms with Gasteiger partial charge in [-0.05, 0) is 74.2 Å². The van der Waals surface area contributed by atoms with Crippen LogP contribution in [0.5, 0.6) is 11.5 Å². The second-order valence-corrected chi connectivity index (χ2v) is 19.4. The summed E-state index contributed by atoms with van der Waals surface area (Å²) >= 11 is 0. The Hall–Kier alpha value is -7.34. The minimum atomic E-state index is -2.85. The smallest absolute Gasteiger partial charge is 0.336 e. The number of fused-ring (bicyclic) bond motifs is 7. The quantitative estimate of drug-likeness (QED) is 0.124. The Bertz CT molecular complexity index is 3050. The molecule has 59 heavy (non-hydrogen) atoms. The fraction of sp³-hybridized carbons (Fsp3) is 0. The van der Waals surface area contributed by atoms with Crippen molar-refractivity contribution < 1.29 is 4.74 Å². The van der Waals surface area contributed by atoms with Gasteiger partial charge in [-0.15, -0.1) is 0 Å². The van der Waals surface area contributed by atoms with Gasteiger partial charge in [-0.2, -0.15) is 0 Å². The lowest BCUT2D eigenvalue weighted by atomic mass is 9.44. The Morgan fingerprint density at radius 3 is 1.53 bits per heavy atom. The van der Waals surface area contributed by atoms with Crippen LogP contribution in [0.1, 0.15) is 0 Å². The molecule has 0 saturated carbocycles. The summed E-state index contributed by atoms with van der Waals surface area (Å²) in [4.78, 5) is 2.58. The fourth-order valence-corrected chi connectivity index (χ4v) is 14.9. The van der Waals surface area contributed by atoms with E-state index < -0.39 is 8.07 Å². The minimum absolute atomic E-state index is 0.122. The Kier molecular flexibility index (Phi) is 7.65. The predicted molar refractivity (Wildman–Crippen MR) is 250 cm³/mol. The van der Waals surface area contributed by atoms with Crippen LogP contribution in [0.15, 0.2) is 224 Å². The van der Waals surface area contributed by atoms with E-state index in [-0.39, 0.29) is 6.85 Å². The van der Waals surface area contributed by atoms with Crippen LogP contribution in [0, 0.1) is 0 Å². The van der Waals surface area contributed by atoms with Crippen LogP contribution in [-0.4, -0.2) is 19.5 Å². The van der Waals surface area contributed by atoms with Crippen molar-refractivity contribution in [2.75, 3.05) is 4.81 Å². The van der Waals surface area contributed by atoms with Crippen molar-refractivity contribution in [3.63, 3.8) is 0 Å². The first kappa shape index (κ1) is 33.8. The first-order chi connectivity index (χ1) is 29.3. The lowest BCUT2D eigenvalue weighted by Crippen LogP contribution is -2.74. The number of ether oxygens (including phenoxy) is 1. The van der Waals surface area contributed by atoms with E-state index in [1.165, 1.54) is 64.8 Å². The van der Waals surface area contributed by atoms with Crippen molar-refractivity contribution in [3.05, 3.63) is 224 Å². The van der Waals surface area contributed by atoms with E-state index in [9.17, 15) is 0 Å². The highest BCUT2D eigenvalue weighted by molar-refractivity contribution is 7.20. The molecule has 0 saturated heterocycles. The molecule has 12 rings (SSSR count). The van der Waals surface area contributed by atoms with E-state index in [0.29, 0.717) is 0 Å². The van der Waals surface area contributed by atoms with Gasteiger partial charge in [-0.3, -0.25) is 0 Å². The Morgan fingerprint density at radius 2 is 0.915 bits per heavy atom. The Morgan fingerprint density at radius 1 is 0.390 bits per heavy atom. The number of benzene rings is 9. The Labute approximate surface area is 345 Å². The number of hydrogen-bond acceptors (Lipinski definition) is 2. The Balaban J connectivity index is 1.20. The normalized spacial score (nSPS) is 12.8. The summed E-state index contributed by atoms with van der Waals surface area (Å²) in [7, 11) is -2.85. The number of nitrogens with zero attached hydrogens (tertiary/aromatic N) is 2. The molecule has 3 nitrogen and oxygen atoms in total. The average molecular weight is 769 g/mol. The van der Waals surface area contributed by atoms with Crippen molar-refractivity contribution in [3.8, 4) is 28.3 Å². The van der Waals surface area contributed by atoms with Crippen molar-refractivity contribution >= 4 is 79.8 Å². The van der Waals surface area contributed by atoms with Gasteiger partial charge < -0.3 is 14.1 Å². The van der Waals surface area contributed by atoms with E-state index in [4.69, 9.17) is 4.74 Å². The van der Waals surface area contributed by atoms with Crippen LogP contribution in [0.25, 0.3) is 38.6 Å². The zero-order chi connectivity index (χ0) is 38.9. The van der Waals surface area contributed by atoms with Crippen molar-refractivity contribution in [1.29, 1.82) is 0 Å². The molecule has 276 valence electrons. The molecule has 0 fully saturated rings. The van der Waals surface area contributed by atoms with Gasteiger partial charge in [0.25, 0.3) is 0 Å². The lowest BCUT2D eigenvalue weighted by molar-refractivity contribution is 0.487. The van der Waals surface area contributed by atoms with E-state index in [1.807, 2.05) is 0 Å². The first-order valence-corrected chi connectivity index (χ1v) is 22.4. The molecule has 0 spiro atoms. The summed E-state index contributed by atoms with van der Waals surface area (Å²) in [6.45, 7) is -0.122. The van der Waals surface area contributed by atoms with Gasteiger partial charge in [-0.1, -0.05) is 176 Å². The molecule has 0 N–H and O–H groups in total. The molecule has 0 unspecified atom stereocenters. The molecule has 5 heteroatoms. The molecule has 2 aliphatic rings. The molecule has 1 aromatic heterocycles. The van der Waals surface area contributed by atoms with Crippen LogP contribution < -0.4 is 41.2 Å². The van der Waals surface area contributed by atoms with Crippen LogP contribution in [0.3, 0.4) is 0 Å². The second kappa shape index (κ2) is 13.4. The van der Waals surface area contributed by atoms with Gasteiger partial charge in [0.1, 0.15) is 11.5 Å². The molecule has 0 amide bonds. The number of anilines is 2. The molecule has 0 atom stereocenters. The third-order valence-corrected chi connectivity index (χ3v) is 17.3. The van der Waals surface area contributed by atoms with Gasteiger partial charge in [0.15, 0.2) is 8.07 Å². The van der Waals surface area contributed by atoms with Crippen molar-refractivity contribution in [1.82, 2.24) is 4.57 Å². The third kappa shape index (κ3) is 5.02. The molecular formula is C54H37BN2OSi. The summed E-state index contributed by atoms with van der Waals surface area (Å²) in [6.07, 6.45) is 0. The summed E-state index contributed by atoms with van der Waals surface area (Å²) in [5, 5.41) is 7.88. The molecule has 0 bridgehead atoms. The maximum absolute atomic E-state index is 7.00. The zero-order valence-electron chi connectivity index (χ0n) is 32.2. The fourth-order valence-electron chi connectivity index (χ4n) is 10.1.